The van der Waals surface area contributed by atoms with Gasteiger partial charge in [0.2, 0.25) is 0 Å². The van der Waals surface area contributed by atoms with Gasteiger partial charge in [-0.3, -0.25) is 0 Å². The summed E-state index contributed by atoms with van der Waals surface area (Å²) in [6.45, 7) is 8.16. The number of rotatable bonds is 5. The maximum Gasteiger partial charge on any atom is 0.408 e. The molecule has 2 N–H and O–H groups in total. The Hall–Kier alpha value is -2.31. The average molecular weight is 305 g/mol. The Bertz CT molecular complexity index is 598. The first-order valence-electron chi connectivity index (χ1n) is 7.33. The number of carbonyl (C=O) groups is 1. The molecule has 2 aromatic rings. The number of aromatic nitrogens is 4. The van der Waals surface area contributed by atoms with E-state index in [0.29, 0.717) is 0 Å². The van der Waals surface area contributed by atoms with Crippen LogP contribution in [0.4, 0.5) is 4.79 Å². The highest BCUT2D eigenvalue weighted by Gasteiger charge is 2.19. The van der Waals surface area contributed by atoms with Crippen LogP contribution in [0.2, 0.25) is 0 Å². The molecule has 0 aliphatic heterocycles. The van der Waals surface area contributed by atoms with E-state index >= 15 is 0 Å². The van der Waals surface area contributed by atoms with Crippen LogP contribution in [0.15, 0.2) is 24.9 Å². The molecule has 0 fully saturated rings. The fraction of sp³-hybridized carbons (Fsp3) is 0.533. The molecule has 0 spiro atoms. The zero-order valence-electron chi connectivity index (χ0n) is 13.5. The van der Waals surface area contributed by atoms with Gasteiger partial charge in [-0.15, -0.1) is 0 Å². The molecule has 0 bridgehead atoms. The van der Waals surface area contributed by atoms with Crippen LogP contribution in [0.25, 0.3) is 0 Å². The number of aryl methyl sites for hydroxylation is 2. The Morgan fingerprint density at radius 2 is 2.27 bits per heavy atom. The SMILES string of the molecule is C[C@H](NC(=O)OC(C)(C)C)c1cncn1CCc1ncc[nH]1. The van der Waals surface area contributed by atoms with E-state index in [-0.39, 0.29) is 6.04 Å². The van der Waals surface area contributed by atoms with Gasteiger partial charge in [0.25, 0.3) is 0 Å². The van der Waals surface area contributed by atoms with E-state index < -0.39 is 11.7 Å². The van der Waals surface area contributed by atoms with Crippen LogP contribution >= 0.6 is 0 Å². The second-order valence-corrected chi connectivity index (χ2v) is 6.17. The van der Waals surface area contributed by atoms with Crippen molar-refractivity contribution in [1.82, 2.24) is 24.8 Å². The average Bonchev–Trinajstić information content (AvgIpc) is 3.05. The summed E-state index contributed by atoms with van der Waals surface area (Å²) in [4.78, 5) is 23.3. The van der Waals surface area contributed by atoms with Crippen LogP contribution in [-0.2, 0) is 17.7 Å². The molecule has 0 radical (unpaired) electrons. The largest absolute Gasteiger partial charge is 0.444 e. The second-order valence-electron chi connectivity index (χ2n) is 6.17. The number of nitrogens with zero attached hydrogens (tertiary/aromatic N) is 3. The van der Waals surface area contributed by atoms with Crippen molar-refractivity contribution < 1.29 is 9.53 Å². The third kappa shape index (κ3) is 4.61. The highest BCUT2D eigenvalue weighted by molar-refractivity contribution is 5.68. The number of ether oxygens (including phenoxy) is 1. The maximum absolute atomic E-state index is 11.8. The highest BCUT2D eigenvalue weighted by atomic mass is 16.6. The van der Waals surface area contributed by atoms with Crippen LogP contribution in [0.5, 0.6) is 0 Å². The van der Waals surface area contributed by atoms with Gasteiger partial charge in [-0.2, -0.15) is 0 Å². The number of aromatic amines is 1. The van der Waals surface area contributed by atoms with Crippen LogP contribution in [0.3, 0.4) is 0 Å². The topological polar surface area (TPSA) is 84.8 Å². The van der Waals surface area contributed by atoms with E-state index in [1.807, 2.05) is 32.3 Å². The zero-order valence-corrected chi connectivity index (χ0v) is 13.5. The Morgan fingerprint density at radius 1 is 1.50 bits per heavy atom. The molecular weight excluding hydrogens is 282 g/mol. The number of alkyl carbamates (subject to hydrolysis) is 1. The first-order chi connectivity index (χ1) is 10.3. The minimum absolute atomic E-state index is 0.186. The van der Waals surface area contributed by atoms with Gasteiger partial charge < -0.3 is 19.6 Å². The summed E-state index contributed by atoms with van der Waals surface area (Å²) < 4.78 is 7.27. The summed E-state index contributed by atoms with van der Waals surface area (Å²) in [5.41, 5.74) is 0.418. The Morgan fingerprint density at radius 3 is 2.91 bits per heavy atom. The molecule has 2 aromatic heterocycles. The molecule has 1 atom stereocenters. The lowest BCUT2D eigenvalue weighted by Gasteiger charge is -2.22. The molecule has 0 aliphatic carbocycles. The second kappa shape index (κ2) is 6.64. The predicted octanol–water partition coefficient (Wildman–Crippen LogP) is 2.43. The third-order valence-corrected chi connectivity index (χ3v) is 3.07. The van der Waals surface area contributed by atoms with Gasteiger partial charge in [0.05, 0.1) is 24.3 Å². The molecule has 0 saturated carbocycles. The standard InChI is InChI=1S/C15H23N5O2/c1-11(19-14(21)22-15(2,3)4)12-9-16-10-20(12)8-5-13-17-6-7-18-13/h6-7,9-11H,5,8H2,1-4H3,(H,17,18)(H,19,21)/t11-/m0/s1. The van der Waals surface area contributed by atoms with Crippen molar-refractivity contribution in [2.45, 2.75) is 52.3 Å². The molecule has 7 nitrogen and oxygen atoms in total. The number of H-pyrrole nitrogens is 1. The number of imidazole rings is 2. The Labute approximate surface area is 130 Å². The highest BCUT2D eigenvalue weighted by Crippen LogP contribution is 2.14. The summed E-state index contributed by atoms with van der Waals surface area (Å²) in [5, 5.41) is 2.83. The summed E-state index contributed by atoms with van der Waals surface area (Å²) >= 11 is 0. The van der Waals surface area contributed by atoms with Crippen LogP contribution < -0.4 is 5.32 Å². The first kappa shape index (κ1) is 16.1. The summed E-state index contributed by atoms with van der Waals surface area (Å²) in [5.74, 6) is 0.924. The monoisotopic (exact) mass is 305 g/mol. The van der Waals surface area contributed by atoms with Crippen molar-refractivity contribution in [1.29, 1.82) is 0 Å². The molecule has 120 valence electrons. The van der Waals surface area contributed by atoms with Gasteiger partial charge in [0.15, 0.2) is 0 Å². The normalized spacial score (nSPS) is 12.9. The number of carbonyl (C=O) groups excluding carboxylic acids is 1. The fourth-order valence-corrected chi connectivity index (χ4v) is 2.10. The number of nitrogens with one attached hydrogen (secondary N) is 2. The molecule has 0 saturated heterocycles. The lowest BCUT2D eigenvalue weighted by atomic mass is 10.2. The minimum Gasteiger partial charge on any atom is -0.444 e. The summed E-state index contributed by atoms with van der Waals surface area (Å²) in [6.07, 6.45) is 7.39. The molecule has 0 aliphatic rings. The van der Waals surface area contributed by atoms with Gasteiger partial charge >= 0.3 is 6.09 Å². The van der Waals surface area contributed by atoms with E-state index in [1.165, 1.54) is 0 Å². The molecule has 0 aromatic carbocycles. The molecule has 22 heavy (non-hydrogen) atoms. The van der Waals surface area contributed by atoms with Gasteiger partial charge in [0.1, 0.15) is 11.4 Å². The molecule has 2 heterocycles. The number of amides is 1. The maximum atomic E-state index is 11.8. The Balaban J connectivity index is 1.94. The van der Waals surface area contributed by atoms with Crippen LogP contribution in [0.1, 0.15) is 45.3 Å². The molecule has 1 amide bonds. The smallest absolute Gasteiger partial charge is 0.408 e. The van der Waals surface area contributed by atoms with Gasteiger partial charge in [-0.25, -0.2) is 14.8 Å². The van der Waals surface area contributed by atoms with Crippen molar-refractivity contribution in [2.24, 2.45) is 0 Å². The van der Waals surface area contributed by atoms with Crippen molar-refractivity contribution >= 4 is 6.09 Å². The number of hydrogen-bond donors (Lipinski definition) is 2. The molecular formula is C15H23N5O2. The van der Waals surface area contributed by atoms with Crippen molar-refractivity contribution in [2.75, 3.05) is 0 Å². The van der Waals surface area contributed by atoms with Crippen LogP contribution in [0, 0.1) is 0 Å². The number of hydrogen-bond acceptors (Lipinski definition) is 4. The predicted molar refractivity (Wildman–Crippen MR) is 82.3 cm³/mol. The van der Waals surface area contributed by atoms with Gasteiger partial charge in [0, 0.05) is 25.4 Å². The van der Waals surface area contributed by atoms with E-state index in [2.05, 4.69) is 20.3 Å². The quantitative estimate of drug-likeness (QED) is 0.888. The zero-order chi connectivity index (χ0) is 16.2. The minimum atomic E-state index is -0.511. The van der Waals surface area contributed by atoms with Crippen molar-refractivity contribution in [3.05, 3.63) is 36.4 Å². The lowest BCUT2D eigenvalue weighted by molar-refractivity contribution is 0.0506. The van der Waals surface area contributed by atoms with Crippen molar-refractivity contribution in [3.63, 3.8) is 0 Å². The molecule has 0 unspecified atom stereocenters. The third-order valence-electron chi connectivity index (χ3n) is 3.07. The van der Waals surface area contributed by atoms with E-state index in [4.69, 9.17) is 4.74 Å². The van der Waals surface area contributed by atoms with E-state index in [0.717, 1.165) is 24.5 Å². The van der Waals surface area contributed by atoms with Gasteiger partial charge in [-0.1, -0.05) is 0 Å². The van der Waals surface area contributed by atoms with E-state index in [9.17, 15) is 4.79 Å². The summed E-state index contributed by atoms with van der Waals surface area (Å²) in [7, 11) is 0. The first-order valence-corrected chi connectivity index (χ1v) is 7.33. The van der Waals surface area contributed by atoms with Gasteiger partial charge in [-0.05, 0) is 27.7 Å². The Kier molecular flexibility index (Phi) is 4.85. The molecule has 7 heteroatoms. The summed E-state index contributed by atoms with van der Waals surface area (Å²) in [6, 6.07) is -0.186. The molecule has 2 rings (SSSR count). The van der Waals surface area contributed by atoms with E-state index in [1.54, 1.807) is 24.9 Å². The fourth-order valence-electron chi connectivity index (χ4n) is 2.10. The van der Waals surface area contributed by atoms with Crippen molar-refractivity contribution in [3.8, 4) is 0 Å². The lowest BCUT2D eigenvalue weighted by Crippen LogP contribution is -2.34. The van der Waals surface area contributed by atoms with Crippen LogP contribution in [-0.4, -0.2) is 31.2 Å².